The van der Waals surface area contributed by atoms with Crippen LogP contribution in [0.4, 0.5) is 0 Å². The molecule has 2 aromatic heterocycles. The molecule has 0 aliphatic rings. The van der Waals surface area contributed by atoms with Crippen LogP contribution in [0.25, 0.3) is 22.2 Å². The molecule has 0 aliphatic carbocycles. The first-order chi connectivity index (χ1) is 10.7. The van der Waals surface area contributed by atoms with Crippen molar-refractivity contribution < 1.29 is 4.52 Å². The Bertz CT molecular complexity index is 753. The normalized spacial score (nSPS) is 12.5. The fourth-order valence-electron chi connectivity index (χ4n) is 1.91. The van der Waals surface area contributed by atoms with Crippen LogP contribution in [0, 0.1) is 0 Å². The lowest BCUT2D eigenvalue weighted by Gasteiger charge is -2.04. The first kappa shape index (κ1) is 15.1. The van der Waals surface area contributed by atoms with Gasteiger partial charge in [-0.2, -0.15) is 4.98 Å². The molecule has 3 aromatic rings. The van der Waals surface area contributed by atoms with Crippen LogP contribution in [-0.2, 0) is 6.42 Å². The van der Waals surface area contributed by atoms with E-state index in [2.05, 4.69) is 27.4 Å². The smallest absolute Gasteiger partial charge is 0.277 e. The Hall–Kier alpha value is -1.76. The second kappa shape index (κ2) is 6.56. The summed E-state index contributed by atoms with van der Waals surface area (Å²) in [4.78, 5) is 8.95. The molecule has 3 rings (SSSR count). The number of hydrogen-bond acceptors (Lipinski definition) is 6. The minimum Gasteiger partial charge on any atom is -0.332 e. The molecule has 7 heteroatoms. The SMILES string of the molecule is CNC(C)Cc1noc(-c2csc(-c3ccc(Cl)cc3)n2)n1. The van der Waals surface area contributed by atoms with Crippen molar-refractivity contribution in [3.63, 3.8) is 0 Å². The first-order valence-electron chi connectivity index (χ1n) is 6.87. The van der Waals surface area contributed by atoms with Crippen LogP contribution in [0.1, 0.15) is 12.7 Å². The molecule has 1 N–H and O–H groups in total. The molecule has 0 spiro atoms. The quantitative estimate of drug-likeness (QED) is 0.771. The fraction of sp³-hybridized carbons (Fsp3) is 0.267. The van der Waals surface area contributed by atoms with Gasteiger partial charge >= 0.3 is 0 Å². The Kier molecular flexibility index (Phi) is 4.52. The Labute approximate surface area is 137 Å². The molecule has 0 radical (unpaired) electrons. The van der Waals surface area contributed by atoms with Crippen molar-refractivity contribution in [1.29, 1.82) is 0 Å². The van der Waals surface area contributed by atoms with Crippen molar-refractivity contribution in [2.75, 3.05) is 7.05 Å². The van der Waals surface area contributed by atoms with Gasteiger partial charge in [-0.25, -0.2) is 4.98 Å². The standard InChI is InChI=1S/C15H15ClN4OS/c1-9(17-2)7-13-19-14(21-20-13)12-8-22-15(18-12)10-3-5-11(16)6-4-10/h3-6,8-9,17H,7H2,1-2H3. The molecule has 1 aromatic carbocycles. The summed E-state index contributed by atoms with van der Waals surface area (Å²) in [5.41, 5.74) is 1.72. The Morgan fingerprint density at radius 1 is 1.27 bits per heavy atom. The predicted octanol–water partition coefficient (Wildman–Crippen LogP) is 3.66. The minimum atomic E-state index is 0.297. The molecule has 0 amide bonds. The zero-order valence-electron chi connectivity index (χ0n) is 12.2. The highest BCUT2D eigenvalue weighted by Crippen LogP contribution is 2.28. The van der Waals surface area contributed by atoms with Gasteiger partial charge < -0.3 is 9.84 Å². The summed E-state index contributed by atoms with van der Waals surface area (Å²) in [5.74, 6) is 1.13. The summed E-state index contributed by atoms with van der Waals surface area (Å²) in [6, 6.07) is 7.88. The summed E-state index contributed by atoms with van der Waals surface area (Å²) in [6.45, 7) is 2.07. The first-order valence-corrected chi connectivity index (χ1v) is 8.13. The molecular formula is C15H15ClN4OS. The van der Waals surface area contributed by atoms with Crippen LogP contribution in [-0.4, -0.2) is 28.2 Å². The number of thiazole rings is 1. The monoisotopic (exact) mass is 334 g/mol. The number of hydrogen-bond donors (Lipinski definition) is 1. The molecular weight excluding hydrogens is 320 g/mol. The molecule has 2 heterocycles. The summed E-state index contributed by atoms with van der Waals surface area (Å²) in [6.07, 6.45) is 0.716. The average molecular weight is 335 g/mol. The van der Waals surface area contributed by atoms with Crippen LogP contribution >= 0.6 is 22.9 Å². The van der Waals surface area contributed by atoms with Crippen molar-refractivity contribution in [3.05, 3.63) is 40.5 Å². The fourth-order valence-corrected chi connectivity index (χ4v) is 2.84. The molecule has 22 heavy (non-hydrogen) atoms. The molecule has 0 fully saturated rings. The van der Waals surface area contributed by atoms with Crippen molar-refractivity contribution in [3.8, 4) is 22.2 Å². The van der Waals surface area contributed by atoms with E-state index < -0.39 is 0 Å². The summed E-state index contributed by atoms with van der Waals surface area (Å²) >= 11 is 7.44. The number of nitrogens with zero attached hydrogens (tertiary/aromatic N) is 3. The lowest BCUT2D eigenvalue weighted by Crippen LogP contribution is -2.24. The average Bonchev–Trinajstić information content (AvgIpc) is 3.17. The maximum absolute atomic E-state index is 5.90. The number of aromatic nitrogens is 3. The molecule has 1 atom stereocenters. The highest BCUT2D eigenvalue weighted by Gasteiger charge is 2.14. The van der Waals surface area contributed by atoms with Gasteiger partial charge in [0.05, 0.1) is 0 Å². The Morgan fingerprint density at radius 2 is 2.05 bits per heavy atom. The lowest BCUT2D eigenvalue weighted by molar-refractivity contribution is 0.417. The summed E-state index contributed by atoms with van der Waals surface area (Å²) in [5, 5.41) is 10.7. The predicted molar refractivity (Wildman–Crippen MR) is 88.1 cm³/mol. The Balaban J connectivity index is 1.80. The zero-order valence-corrected chi connectivity index (χ0v) is 13.8. The van der Waals surface area contributed by atoms with Crippen LogP contribution in [0.15, 0.2) is 34.2 Å². The molecule has 0 aliphatic heterocycles. The van der Waals surface area contributed by atoms with Crippen molar-refractivity contribution in [1.82, 2.24) is 20.4 Å². The maximum atomic E-state index is 5.90. The lowest BCUT2D eigenvalue weighted by atomic mass is 10.2. The van der Waals surface area contributed by atoms with Crippen LogP contribution in [0.2, 0.25) is 5.02 Å². The second-order valence-electron chi connectivity index (χ2n) is 4.95. The topological polar surface area (TPSA) is 63.8 Å². The van der Waals surface area contributed by atoms with Gasteiger partial charge in [0.15, 0.2) is 5.82 Å². The van der Waals surface area contributed by atoms with Crippen molar-refractivity contribution >= 4 is 22.9 Å². The summed E-state index contributed by atoms with van der Waals surface area (Å²) in [7, 11) is 1.91. The van der Waals surface area contributed by atoms with E-state index in [4.69, 9.17) is 16.1 Å². The van der Waals surface area contributed by atoms with E-state index in [1.807, 2.05) is 36.7 Å². The van der Waals surface area contributed by atoms with Gasteiger partial charge in [-0.05, 0) is 26.1 Å². The number of likely N-dealkylation sites (N-methyl/N-ethyl adjacent to an activating group) is 1. The van der Waals surface area contributed by atoms with Crippen molar-refractivity contribution in [2.45, 2.75) is 19.4 Å². The van der Waals surface area contributed by atoms with Gasteiger partial charge in [0.25, 0.3) is 5.89 Å². The third-order valence-electron chi connectivity index (χ3n) is 3.26. The van der Waals surface area contributed by atoms with Gasteiger partial charge in [0.1, 0.15) is 10.7 Å². The van der Waals surface area contributed by atoms with Crippen molar-refractivity contribution in [2.24, 2.45) is 0 Å². The third kappa shape index (κ3) is 3.35. The maximum Gasteiger partial charge on any atom is 0.277 e. The number of halogens is 1. The van der Waals surface area contributed by atoms with E-state index in [1.165, 1.54) is 11.3 Å². The second-order valence-corrected chi connectivity index (χ2v) is 6.25. The van der Waals surface area contributed by atoms with E-state index in [9.17, 15) is 0 Å². The number of nitrogens with one attached hydrogen (secondary N) is 1. The molecule has 1 unspecified atom stereocenters. The largest absolute Gasteiger partial charge is 0.332 e. The van der Waals surface area contributed by atoms with E-state index in [0.717, 1.165) is 10.6 Å². The highest BCUT2D eigenvalue weighted by molar-refractivity contribution is 7.13. The number of benzene rings is 1. The van der Waals surface area contributed by atoms with E-state index in [-0.39, 0.29) is 0 Å². The third-order valence-corrected chi connectivity index (χ3v) is 4.41. The molecule has 5 nitrogen and oxygen atoms in total. The Morgan fingerprint density at radius 3 is 2.77 bits per heavy atom. The van der Waals surface area contributed by atoms with Gasteiger partial charge in [0, 0.05) is 28.4 Å². The van der Waals surface area contributed by atoms with Crippen LogP contribution < -0.4 is 5.32 Å². The van der Waals surface area contributed by atoms with Crippen LogP contribution in [0.3, 0.4) is 0 Å². The number of rotatable bonds is 5. The zero-order chi connectivity index (χ0) is 15.5. The summed E-state index contributed by atoms with van der Waals surface area (Å²) < 4.78 is 5.30. The van der Waals surface area contributed by atoms with E-state index in [1.54, 1.807) is 0 Å². The molecule has 0 saturated heterocycles. The highest BCUT2D eigenvalue weighted by atomic mass is 35.5. The van der Waals surface area contributed by atoms with Gasteiger partial charge in [-0.3, -0.25) is 0 Å². The van der Waals surface area contributed by atoms with Gasteiger partial charge in [-0.15, -0.1) is 11.3 Å². The molecule has 114 valence electrons. The molecule has 0 saturated carbocycles. The van der Waals surface area contributed by atoms with E-state index >= 15 is 0 Å². The minimum absolute atomic E-state index is 0.297. The molecule has 0 bridgehead atoms. The van der Waals surface area contributed by atoms with E-state index in [0.29, 0.717) is 34.9 Å². The van der Waals surface area contributed by atoms with Gasteiger partial charge in [0.2, 0.25) is 0 Å². The van der Waals surface area contributed by atoms with Gasteiger partial charge in [-0.1, -0.05) is 28.9 Å². The van der Waals surface area contributed by atoms with Crippen LogP contribution in [0.5, 0.6) is 0 Å².